The highest BCUT2D eigenvalue weighted by molar-refractivity contribution is 6.18. The molecule has 0 amide bonds. The minimum absolute atomic E-state index is 0.242. The van der Waals surface area contributed by atoms with E-state index in [2.05, 4.69) is 13.5 Å². The van der Waals surface area contributed by atoms with Crippen molar-refractivity contribution in [2.24, 2.45) is 0 Å². The molecule has 1 unspecified atom stereocenters. The van der Waals surface area contributed by atoms with E-state index < -0.39 is 5.97 Å². The Balaban J connectivity index is 3.57. The van der Waals surface area contributed by atoms with Crippen LogP contribution < -0.4 is 0 Å². The highest BCUT2D eigenvalue weighted by atomic mass is 35.5. The van der Waals surface area contributed by atoms with Crippen LogP contribution in [0.25, 0.3) is 0 Å². The molecule has 0 saturated heterocycles. The van der Waals surface area contributed by atoms with Crippen molar-refractivity contribution in [2.75, 3.05) is 19.1 Å². The van der Waals surface area contributed by atoms with Gasteiger partial charge in [-0.3, -0.25) is 0 Å². The van der Waals surface area contributed by atoms with Crippen LogP contribution in [0.5, 0.6) is 0 Å². The lowest BCUT2D eigenvalue weighted by Gasteiger charge is -2.13. The molecule has 0 aromatic carbocycles. The third kappa shape index (κ3) is 6.92. The average molecular weight is 221 g/mol. The molecule has 0 spiro atoms. The van der Waals surface area contributed by atoms with Gasteiger partial charge in [-0.1, -0.05) is 19.9 Å². The zero-order chi connectivity index (χ0) is 10.8. The van der Waals surface area contributed by atoms with Gasteiger partial charge in [0, 0.05) is 12.7 Å². The molecular formula is C10H17ClO3. The molecule has 82 valence electrons. The molecule has 0 aliphatic rings. The third-order valence-electron chi connectivity index (χ3n) is 1.57. The summed E-state index contributed by atoms with van der Waals surface area (Å²) in [7, 11) is 0. The number of ether oxygens (including phenoxy) is 2. The fourth-order valence-corrected chi connectivity index (χ4v) is 0.936. The summed E-state index contributed by atoms with van der Waals surface area (Å²) in [4.78, 5) is 10.8. The summed E-state index contributed by atoms with van der Waals surface area (Å²) < 4.78 is 10.2. The standard InChI is InChI=1S/C10H17ClO3/c1-3-5-6-13-8-9(7-11)14-10(12)4-2/h4,9H,2-3,5-8H2,1H3. The Kier molecular flexibility index (Phi) is 8.68. The van der Waals surface area contributed by atoms with Crippen molar-refractivity contribution in [3.05, 3.63) is 12.7 Å². The van der Waals surface area contributed by atoms with Crippen molar-refractivity contribution in [3.8, 4) is 0 Å². The molecule has 14 heavy (non-hydrogen) atoms. The Labute approximate surface area is 90.0 Å². The van der Waals surface area contributed by atoms with Crippen molar-refractivity contribution in [1.29, 1.82) is 0 Å². The Morgan fingerprint density at radius 2 is 2.36 bits per heavy atom. The van der Waals surface area contributed by atoms with E-state index >= 15 is 0 Å². The molecule has 0 N–H and O–H groups in total. The summed E-state index contributed by atoms with van der Waals surface area (Å²) in [6.45, 7) is 6.41. The van der Waals surface area contributed by atoms with Crippen LogP contribution in [0.15, 0.2) is 12.7 Å². The van der Waals surface area contributed by atoms with Gasteiger partial charge in [0.25, 0.3) is 0 Å². The molecule has 0 aromatic heterocycles. The highest BCUT2D eigenvalue weighted by Crippen LogP contribution is 1.99. The molecule has 1 atom stereocenters. The molecular weight excluding hydrogens is 204 g/mol. The summed E-state index contributed by atoms with van der Waals surface area (Å²) in [6, 6.07) is 0. The number of hydrogen-bond acceptors (Lipinski definition) is 3. The van der Waals surface area contributed by atoms with Crippen LogP contribution in [0.2, 0.25) is 0 Å². The van der Waals surface area contributed by atoms with Gasteiger partial charge >= 0.3 is 5.97 Å². The molecule has 0 aliphatic heterocycles. The van der Waals surface area contributed by atoms with E-state index in [4.69, 9.17) is 21.1 Å². The van der Waals surface area contributed by atoms with Crippen LogP contribution in [0.1, 0.15) is 19.8 Å². The summed E-state index contributed by atoms with van der Waals surface area (Å²) in [6.07, 6.45) is 2.83. The van der Waals surface area contributed by atoms with E-state index in [9.17, 15) is 4.79 Å². The Bertz CT molecular complexity index is 171. The smallest absolute Gasteiger partial charge is 0.330 e. The fourth-order valence-electron chi connectivity index (χ4n) is 0.784. The molecule has 0 rings (SSSR count). The number of esters is 1. The first-order valence-corrected chi connectivity index (χ1v) is 5.24. The lowest BCUT2D eigenvalue weighted by molar-refractivity contribution is -0.144. The van der Waals surface area contributed by atoms with Gasteiger partial charge in [-0.15, -0.1) is 11.6 Å². The number of halogens is 1. The van der Waals surface area contributed by atoms with Gasteiger partial charge in [-0.05, 0) is 6.42 Å². The molecule has 0 aliphatic carbocycles. The first-order chi connectivity index (χ1) is 6.74. The molecule has 0 bridgehead atoms. The van der Waals surface area contributed by atoms with E-state index in [1.165, 1.54) is 0 Å². The molecule has 0 aromatic rings. The van der Waals surface area contributed by atoms with Crippen LogP contribution in [0.4, 0.5) is 0 Å². The van der Waals surface area contributed by atoms with Gasteiger partial charge in [-0.2, -0.15) is 0 Å². The summed E-state index contributed by atoms with van der Waals surface area (Å²) in [5.41, 5.74) is 0. The van der Waals surface area contributed by atoms with Crippen LogP contribution in [0, 0.1) is 0 Å². The number of rotatable bonds is 8. The lowest BCUT2D eigenvalue weighted by Crippen LogP contribution is -2.24. The highest BCUT2D eigenvalue weighted by Gasteiger charge is 2.10. The first kappa shape index (κ1) is 13.5. The number of unbranched alkanes of at least 4 members (excludes halogenated alkanes) is 1. The van der Waals surface area contributed by atoms with Crippen molar-refractivity contribution in [2.45, 2.75) is 25.9 Å². The fraction of sp³-hybridized carbons (Fsp3) is 0.700. The molecule has 0 saturated carbocycles. The average Bonchev–Trinajstić information content (AvgIpc) is 2.22. The van der Waals surface area contributed by atoms with Crippen LogP contribution in [0.3, 0.4) is 0 Å². The van der Waals surface area contributed by atoms with Crippen LogP contribution in [-0.2, 0) is 14.3 Å². The van der Waals surface area contributed by atoms with Crippen molar-refractivity contribution in [3.63, 3.8) is 0 Å². The van der Waals surface area contributed by atoms with E-state index in [1.807, 2.05) is 0 Å². The quantitative estimate of drug-likeness (QED) is 0.272. The zero-order valence-corrected chi connectivity index (χ0v) is 9.26. The Morgan fingerprint density at radius 1 is 1.64 bits per heavy atom. The molecule has 4 heteroatoms. The molecule has 0 radical (unpaired) electrons. The maximum atomic E-state index is 10.8. The van der Waals surface area contributed by atoms with E-state index in [1.54, 1.807) is 0 Å². The number of hydrogen-bond donors (Lipinski definition) is 0. The molecule has 3 nitrogen and oxygen atoms in total. The lowest BCUT2D eigenvalue weighted by atomic mass is 10.3. The predicted octanol–water partition coefficient (Wildman–Crippen LogP) is 2.14. The monoisotopic (exact) mass is 220 g/mol. The van der Waals surface area contributed by atoms with Gasteiger partial charge in [0.1, 0.15) is 6.10 Å². The zero-order valence-electron chi connectivity index (χ0n) is 8.50. The number of carbonyl (C=O) groups excluding carboxylic acids is 1. The van der Waals surface area contributed by atoms with Crippen molar-refractivity contribution >= 4 is 17.6 Å². The van der Waals surface area contributed by atoms with Gasteiger partial charge in [0.15, 0.2) is 0 Å². The van der Waals surface area contributed by atoms with E-state index in [-0.39, 0.29) is 12.0 Å². The van der Waals surface area contributed by atoms with Gasteiger partial charge in [0.2, 0.25) is 0 Å². The van der Waals surface area contributed by atoms with E-state index in [0.717, 1.165) is 18.9 Å². The van der Waals surface area contributed by atoms with Crippen molar-refractivity contribution in [1.82, 2.24) is 0 Å². The van der Waals surface area contributed by atoms with Gasteiger partial charge in [-0.25, -0.2) is 4.79 Å². The SMILES string of the molecule is C=CC(=O)OC(CCl)COCCCC. The second kappa shape index (κ2) is 9.03. The van der Waals surface area contributed by atoms with Crippen LogP contribution in [-0.4, -0.2) is 31.2 Å². The Hall–Kier alpha value is -0.540. The minimum Gasteiger partial charge on any atom is -0.455 e. The van der Waals surface area contributed by atoms with Crippen molar-refractivity contribution < 1.29 is 14.3 Å². The Morgan fingerprint density at radius 3 is 2.86 bits per heavy atom. The first-order valence-electron chi connectivity index (χ1n) is 4.71. The van der Waals surface area contributed by atoms with Gasteiger partial charge < -0.3 is 9.47 Å². The molecule has 0 fully saturated rings. The predicted molar refractivity (Wildman–Crippen MR) is 56.5 cm³/mol. The molecule has 0 heterocycles. The number of alkyl halides is 1. The van der Waals surface area contributed by atoms with Crippen LogP contribution >= 0.6 is 11.6 Å². The van der Waals surface area contributed by atoms with E-state index in [0.29, 0.717) is 13.2 Å². The number of carbonyl (C=O) groups is 1. The minimum atomic E-state index is -0.463. The summed E-state index contributed by atoms with van der Waals surface area (Å²) in [5, 5.41) is 0. The largest absolute Gasteiger partial charge is 0.455 e. The normalized spacial score (nSPS) is 12.1. The second-order valence-electron chi connectivity index (χ2n) is 2.85. The summed E-state index contributed by atoms with van der Waals surface area (Å²) in [5.74, 6) is -0.221. The topological polar surface area (TPSA) is 35.5 Å². The maximum absolute atomic E-state index is 10.8. The van der Waals surface area contributed by atoms with Gasteiger partial charge in [0.05, 0.1) is 12.5 Å². The second-order valence-corrected chi connectivity index (χ2v) is 3.15. The summed E-state index contributed by atoms with van der Waals surface area (Å²) >= 11 is 5.59. The maximum Gasteiger partial charge on any atom is 0.330 e. The third-order valence-corrected chi connectivity index (χ3v) is 1.91.